The zero-order valence-corrected chi connectivity index (χ0v) is 28.7. The quantitative estimate of drug-likeness (QED) is 0.205. The number of hydrogen-bond donors (Lipinski definition) is 2. The Bertz CT molecular complexity index is 1700. The van der Waals surface area contributed by atoms with Gasteiger partial charge in [0.05, 0.1) is 17.6 Å². The average molecular weight is 648 g/mol. The topological polar surface area (TPSA) is 85.7 Å². The average Bonchev–Trinajstić information content (AvgIpc) is 3.10. The minimum absolute atomic E-state index is 0.0807. The SMILES string of the molecule is CC(C)c1cccc(C(C)C)c1NC(=O)N1CCN(c2cnn(-c3ccccc3)c(=O)c2NC2CCN(Cc3ccccc3)CC2)CC1. The first kappa shape index (κ1) is 33.3. The van der Waals surface area contributed by atoms with Crippen molar-refractivity contribution in [2.75, 3.05) is 54.8 Å². The van der Waals surface area contributed by atoms with Gasteiger partial charge in [-0.25, -0.2) is 4.79 Å². The van der Waals surface area contributed by atoms with Crippen molar-refractivity contribution in [2.45, 2.75) is 65.0 Å². The van der Waals surface area contributed by atoms with Gasteiger partial charge in [0, 0.05) is 57.5 Å². The van der Waals surface area contributed by atoms with Crippen LogP contribution in [0.25, 0.3) is 5.69 Å². The van der Waals surface area contributed by atoms with E-state index in [9.17, 15) is 9.59 Å². The Labute approximate surface area is 284 Å². The highest BCUT2D eigenvalue weighted by Crippen LogP contribution is 2.33. The first-order valence-corrected chi connectivity index (χ1v) is 17.4. The summed E-state index contributed by atoms with van der Waals surface area (Å²) in [4.78, 5) is 34.3. The molecule has 6 rings (SSSR count). The lowest BCUT2D eigenvalue weighted by Crippen LogP contribution is -2.51. The van der Waals surface area contributed by atoms with Gasteiger partial charge in [0.25, 0.3) is 5.56 Å². The van der Waals surface area contributed by atoms with Gasteiger partial charge in [-0.2, -0.15) is 9.78 Å². The van der Waals surface area contributed by atoms with Crippen LogP contribution >= 0.6 is 0 Å². The summed E-state index contributed by atoms with van der Waals surface area (Å²) in [7, 11) is 0. The summed E-state index contributed by atoms with van der Waals surface area (Å²) in [6.07, 6.45) is 3.71. The van der Waals surface area contributed by atoms with Crippen LogP contribution in [-0.2, 0) is 6.54 Å². The maximum Gasteiger partial charge on any atom is 0.321 e. The largest absolute Gasteiger partial charge is 0.376 e. The van der Waals surface area contributed by atoms with E-state index in [4.69, 9.17) is 0 Å². The fourth-order valence-electron chi connectivity index (χ4n) is 6.89. The van der Waals surface area contributed by atoms with E-state index in [1.54, 1.807) is 0 Å². The van der Waals surface area contributed by atoms with E-state index in [1.165, 1.54) is 10.2 Å². The number of urea groups is 1. The van der Waals surface area contributed by atoms with E-state index >= 15 is 0 Å². The lowest BCUT2D eigenvalue weighted by atomic mass is 9.93. The number of anilines is 3. The van der Waals surface area contributed by atoms with Crippen LogP contribution in [0.5, 0.6) is 0 Å². The summed E-state index contributed by atoms with van der Waals surface area (Å²) in [6, 6.07) is 26.6. The van der Waals surface area contributed by atoms with Crippen LogP contribution in [0.4, 0.5) is 21.9 Å². The molecule has 9 nitrogen and oxygen atoms in total. The zero-order valence-electron chi connectivity index (χ0n) is 28.7. The van der Waals surface area contributed by atoms with E-state index in [0.717, 1.165) is 60.7 Å². The highest BCUT2D eigenvalue weighted by molar-refractivity contribution is 5.91. The molecule has 0 unspecified atom stereocenters. The van der Waals surface area contributed by atoms with E-state index in [1.807, 2.05) is 41.4 Å². The first-order valence-electron chi connectivity index (χ1n) is 17.4. The summed E-state index contributed by atoms with van der Waals surface area (Å²) in [6.45, 7) is 13.8. The molecule has 2 aliphatic heterocycles. The first-order chi connectivity index (χ1) is 23.3. The van der Waals surface area contributed by atoms with Crippen LogP contribution in [0.15, 0.2) is 89.9 Å². The minimum atomic E-state index is -0.155. The number of likely N-dealkylation sites (tertiary alicyclic amines) is 1. The van der Waals surface area contributed by atoms with E-state index in [-0.39, 0.29) is 17.6 Å². The molecule has 0 bridgehead atoms. The van der Waals surface area contributed by atoms with Crippen molar-refractivity contribution in [3.05, 3.63) is 112 Å². The third-order valence-electron chi connectivity index (χ3n) is 9.66. The van der Waals surface area contributed by atoms with Gasteiger partial charge in [-0.3, -0.25) is 9.69 Å². The Morgan fingerprint density at radius 2 is 1.38 bits per heavy atom. The van der Waals surface area contributed by atoms with E-state index < -0.39 is 0 Å². The normalized spacial score (nSPS) is 16.0. The molecule has 2 aliphatic rings. The molecule has 0 atom stereocenters. The fourth-order valence-corrected chi connectivity index (χ4v) is 6.89. The van der Waals surface area contributed by atoms with Crippen LogP contribution < -0.4 is 21.1 Å². The van der Waals surface area contributed by atoms with E-state index in [2.05, 4.69) is 102 Å². The second-order valence-electron chi connectivity index (χ2n) is 13.7. The number of piperidine rings is 1. The molecule has 4 aromatic rings. The molecule has 252 valence electrons. The van der Waals surface area contributed by atoms with Crippen molar-refractivity contribution in [2.24, 2.45) is 0 Å². The number of rotatable bonds is 9. The maximum atomic E-state index is 14.1. The molecule has 0 saturated carbocycles. The number of para-hydroxylation sites is 2. The third kappa shape index (κ3) is 7.57. The number of carbonyl (C=O) groups excluding carboxylic acids is 1. The van der Waals surface area contributed by atoms with Crippen molar-refractivity contribution in [1.82, 2.24) is 19.6 Å². The maximum absolute atomic E-state index is 14.1. The summed E-state index contributed by atoms with van der Waals surface area (Å²) in [5.41, 5.74) is 6.52. The molecular weight excluding hydrogens is 598 g/mol. The molecule has 0 radical (unpaired) electrons. The van der Waals surface area contributed by atoms with Crippen molar-refractivity contribution in [3.8, 4) is 5.69 Å². The molecule has 2 fully saturated rings. The van der Waals surface area contributed by atoms with Crippen molar-refractivity contribution in [3.63, 3.8) is 0 Å². The number of piperazine rings is 1. The van der Waals surface area contributed by atoms with Crippen LogP contribution in [0.3, 0.4) is 0 Å². The third-order valence-corrected chi connectivity index (χ3v) is 9.66. The Kier molecular flexibility index (Phi) is 10.4. The molecular formula is C39H49N7O2. The summed E-state index contributed by atoms with van der Waals surface area (Å²) < 4.78 is 1.48. The second kappa shape index (κ2) is 15.1. The molecule has 0 aliphatic carbocycles. The minimum Gasteiger partial charge on any atom is -0.376 e. The number of aromatic nitrogens is 2. The Balaban J connectivity index is 1.17. The summed E-state index contributed by atoms with van der Waals surface area (Å²) in [5, 5.41) is 11.6. The summed E-state index contributed by atoms with van der Waals surface area (Å²) in [5.74, 6) is 0.590. The highest BCUT2D eigenvalue weighted by Gasteiger charge is 2.28. The molecule has 3 heterocycles. The van der Waals surface area contributed by atoms with Gasteiger partial charge >= 0.3 is 6.03 Å². The van der Waals surface area contributed by atoms with Crippen molar-refractivity contribution < 1.29 is 4.79 Å². The predicted octanol–water partition coefficient (Wildman–Crippen LogP) is 6.91. The molecule has 3 aromatic carbocycles. The Morgan fingerprint density at radius 3 is 1.98 bits per heavy atom. The van der Waals surface area contributed by atoms with Gasteiger partial charge < -0.3 is 20.4 Å². The van der Waals surface area contributed by atoms with Gasteiger partial charge in [0.1, 0.15) is 5.69 Å². The number of carbonyl (C=O) groups is 1. The molecule has 1 aromatic heterocycles. The Morgan fingerprint density at radius 1 is 0.771 bits per heavy atom. The van der Waals surface area contributed by atoms with Gasteiger partial charge in [-0.1, -0.05) is 94.4 Å². The van der Waals surface area contributed by atoms with Crippen molar-refractivity contribution in [1.29, 1.82) is 0 Å². The lowest BCUT2D eigenvalue weighted by Gasteiger charge is -2.38. The van der Waals surface area contributed by atoms with Crippen LogP contribution in [-0.4, -0.2) is 70.9 Å². The molecule has 48 heavy (non-hydrogen) atoms. The van der Waals surface area contributed by atoms with Crippen LogP contribution in [0.2, 0.25) is 0 Å². The smallest absolute Gasteiger partial charge is 0.321 e. The summed E-state index contributed by atoms with van der Waals surface area (Å²) >= 11 is 0. The molecule has 0 spiro atoms. The lowest BCUT2D eigenvalue weighted by molar-refractivity contribution is 0.208. The van der Waals surface area contributed by atoms with Gasteiger partial charge in [0.15, 0.2) is 0 Å². The Hall–Kier alpha value is -4.63. The molecule has 2 N–H and O–H groups in total. The molecule has 2 amide bonds. The second-order valence-corrected chi connectivity index (χ2v) is 13.7. The number of nitrogens with one attached hydrogen (secondary N) is 2. The molecule has 9 heteroatoms. The zero-order chi connectivity index (χ0) is 33.6. The standard InChI is InChI=1S/C39H49N7O2/c1-28(2)33-16-11-17-34(29(3)4)36(33)42-39(48)45-24-22-44(23-25-45)35-26-40-46(32-14-9-6-10-15-32)38(47)37(35)41-31-18-20-43(21-19-31)27-30-12-7-5-8-13-30/h5-17,26,28-29,31,41H,18-25,27H2,1-4H3,(H,42,48). The van der Waals surface area contributed by atoms with Crippen molar-refractivity contribution >= 4 is 23.1 Å². The predicted molar refractivity (Wildman–Crippen MR) is 196 cm³/mol. The van der Waals surface area contributed by atoms with Gasteiger partial charge in [0.2, 0.25) is 0 Å². The van der Waals surface area contributed by atoms with Crippen LogP contribution in [0.1, 0.15) is 69.1 Å². The number of hydrogen-bond acceptors (Lipinski definition) is 6. The van der Waals surface area contributed by atoms with E-state index in [0.29, 0.717) is 43.7 Å². The monoisotopic (exact) mass is 647 g/mol. The number of nitrogens with zero attached hydrogens (tertiary/aromatic N) is 5. The number of benzene rings is 3. The van der Waals surface area contributed by atoms with Gasteiger partial charge in [-0.15, -0.1) is 0 Å². The number of amides is 2. The van der Waals surface area contributed by atoms with Crippen LogP contribution in [0, 0.1) is 0 Å². The van der Waals surface area contributed by atoms with Gasteiger partial charge in [-0.05, 0) is 53.5 Å². The fraction of sp³-hybridized carbons (Fsp3) is 0.410. The highest BCUT2D eigenvalue weighted by atomic mass is 16.2. The molecule has 2 saturated heterocycles.